The van der Waals surface area contributed by atoms with E-state index in [9.17, 15) is 13.5 Å². The molecule has 0 saturated heterocycles. The van der Waals surface area contributed by atoms with Gasteiger partial charge in [-0.2, -0.15) is 17.4 Å². The van der Waals surface area contributed by atoms with Gasteiger partial charge in [0.05, 0.1) is 12.1 Å². The van der Waals surface area contributed by atoms with Crippen LogP contribution < -0.4 is 4.72 Å². The second-order valence-electron chi connectivity index (χ2n) is 5.25. The van der Waals surface area contributed by atoms with Gasteiger partial charge in [0.1, 0.15) is 0 Å². The van der Waals surface area contributed by atoms with Crippen molar-refractivity contribution in [3.05, 3.63) is 35.4 Å². The molecule has 20 heavy (non-hydrogen) atoms. The Hall–Kier alpha value is -0.950. The van der Waals surface area contributed by atoms with Crippen molar-refractivity contribution in [1.82, 2.24) is 9.03 Å². The average Bonchev–Trinajstić information content (AvgIpc) is 2.72. The van der Waals surface area contributed by atoms with E-state index in [-0.39, 0.29) is 0 Å². The van der Waals surface area contributed by atoms with E-state index in [1.54, 1.807) is 7.05 Å². The van der Waals surface area contributed by atoms with E-state index in [0.717, 1.165) is 24.0 Å². The van der Waals surface area contributed by atoms with Crippen LogP contribution in [0, 0.1) is 0 Å². The maximum Gasteiger partial charge on any atom is 0.279 e. The van der Waals surface area contributed by atoms with Crippen molar-refractivity contribution < 1.29 is 13.5 Å². The van der Waals surface area contributed by atoms with Crippen LogP contribution in [0.1, 0.15) is 36.9 Å². The second-order valence-corrected chi connectivity index (χ2v) is 7.06. The monoisotopic (exact) mass is 298 g/mol. The molecule has 6 heteroatoms. The number of nitrogens with one attached hydrogen (secondary N) is 1. The molecule has 2 rings (SSSR count). The maximum absolute atomic E-state index is 12.3. The highest BCUT2D eigenvalue weighted by Gasteiger charge is 2.34. The summed E-state index contributed by atoms with van der Waals surface area (Å²) in [5, 5.41) is 10.1. The number of aliphatic hydroxyl groups is 1. The van der Waals surface area contributed by atoms with Gasteiger partial charge in [-0.15, -0.1) is 0 Å². The van der Waals surface area contributed by atoms with E-state index in [4.69, 9.17) is 0 Å². The first-order valence-electron chi connectivity index (χ1n) is 6.95. The highest BCUT2D eigenvalue weighted by Crippen LogP contribution is 2.31. The summed E-state index contributed by atoms with van der Waals surface area (Å²) in [4.78, 5) is 0. The van der Waals surface area contributed by atoms with Gasteiger partial charge in [0.15, 0.2) is 0 Å². The van der Waals surface area contributed by atoms with Crippen molar-refractivity contribution in [2.75, 3.05) is 13.6 Å². The molecule has 2 unspecified atom stereocenters. The molecule has 5 nitrogen and oxygen atoms in total. The number of rotatable bonds is 6. The second kappa shape index (κ2) is 6.22. The Bertz CT molecular complexity index is 559. The minimum atomic E-state index is -3.57. The van der Waals surface area contributed by atoms with Crippen LogP contribution in [0.2, 0.25) is 0 Å². The lowest BCUT2D eigenvalue weighted by Crippen LogP contribution is -2.42. The Morgan fingerprint density at radius 2 is 2.10 bits per heavy atom. The van der Waals surface area contributed by atoms with Gasteiger partial charge in [-0.25, -0.2) is 0 Å². The lowest BCUT2D eigenvalue weighted by molar-refractivity contribution is 0.150. The average molecular weight is 298 g/mol. The predicted octanol–water partition coefficient (Wildman–Crippen LogP) is 1.21. The Balaban J connectivity index is 2.13. The molecule has 1 aromatic carbocycles. The summed E-state index contributed by atoms with van der Waals surface area (Å²) in [6.45, 7) is 2.50. The number of hydrogen-bond donors (Lipinski definition) is 2. The smallest absolute Gasteiger partial charge is 0.279 e. The third kappa shape index (κ3) is 3.20. The van der Waals surface area contributed by atoms with E-state index in [1.807, 2.05) is 31.2 Å². The number of nitrogens with zero attached hydrogens (tertiary/aromatic N) is 1. The van der Waals surface area contributed by atoms with Gasteiger partial charge in [0, 0.05) is 20.0 Å². The van der Waals surface area contributed by atoms with Crippen LogP contribution in [-0.2, 0) is 16.6 Å². The topological polar surface area (TPSA) is 69.6 Å². The molecule has 1 aliphatic rings. The number of hydrogen-bond acceptors (Lipinski definition) is 3. The van der Waals surface area contributed by atoms with Crippen molar-refractivity contribution in [2.45, 2.75) is 38.3 Å². The summed E-state index contributed by atoms with van der Waals surface area (Å²) in [6.07, 6.45) is 1.54. The molecular weight excluding hydrogens is 276 g/mol. The molecule has 2 atom stereocenters. The van der Waals surface area contributed by atoms with Gasteiger partial charge in [0.2, 0.25) is 0 Å². The molecule has 0 heterocycles. The summed E-state index contributed by atoms with van der Waals surface area (Å²) < 4.78 is 28.4. The standard InChI is InChI=1S/C14H22N2O3S/c1-3-4-9-16(2)20(18,19)15-14-12-8-6-5-7-11(12)10-13(14)17/h5-8,13-15,17H,3-4,9-10H2,1-2H3. The van der Waals surface area contributed by atoms with Crippen molar-refractivity contribution >= 4 is 10.2 Å². The molecule has 0 aliphatic heterocycles. The first kappa shape index (κ1) is 15.4. The Kier molecular flexibility index (Phi) is 4.80. The predicted molar refractivity (Wildman–Crippen MR) is 78.5 cm³/mol. The van der Waals surface area contributed by atoms with Crippen LogP contribution in [0.3, 0.4) is 0 Å². The zero-order chi connectivity index (χ0) is 14.8. The van der Waals surface area contributed by atoms with Crippen molar-refractivity contribution in [3.8, 4) is 0 Å². The summed E-state index contributed by atoms with van der Waals surface area (Å²) >= 11 is 0. The minimum Gasteiger partial charge on any atom is -0.391 e. The van der Waals surface area contributed by atoms with Crippen molar-refractivity contribution in [1.29, 1.82) is 0 Å². The molecule has 1 aromatic rings. The summed E-state index contributed by atoms with van der Waals surface area (Å²) in [5.41, 5.74) is 1.87. The van der Waals surface area contributed by atoms with E-state index >= 15 is 0 Å². The number of benzene rings is 1. The van der Waals surface area contributed by atoms with Gasteiger partial charge >= 0.3 is 0 Å². The molecule has 0 saturated carbocycles. The Morgan fingerprint density at radius 1 is 1.40 bits per heavy atom. The first-order valence-corrected chi connectivity index (χ1v) is 8.39. The maximum atomic E-state index is 12.3. The fourth-order valence-corrected chi connectivity index (χ4v) is 3.62. The van der Waals surface area contributed by atoms with Crippen LogP contribution in [0.25, 0.3) is 0 Å². The molecule has 112 valence electrons. The van der Waals surface area contributed by atoms with Crippen LogP contribution in [0.5, 0.6) is 0 Å². The first-order chi connectivity index (χ1) is 9.45. The summed E-state index contributed by atoms with van der Waals surface area (Å²) in [7, 11) is -2.01. The highest BCUT2D eigenvalue weighted by molar-refractivity contribution is 7.87. The molecule has 0 radical (unpaired) electrons. The molecule has 0 aromatic heterocycles. The molecular formula is C14H22N2O3S. The van der Waals surface area contributed by atoms with Crippen LogP contribution in [-0.4, -0.2) is 37.5 Å². The van der Waals surface area contributed by atoms with Crippen LogP contribution in [0.4, 0.5) is 0 Å². The van der Waals surface area contributed by atoms with Crippen molar-refractivity contribution in [2.24, 2.45) is 0 Å². The summed E-state index contributed by atoms with van der Waals surface area (Å²) in [5.74, 6) is 0. The molecule has 0 bridgehead atoms. The lowest BCUT2D eigenvalue weighted by Gasteiger charge is -2.23. The Morgan fingerprint density at radius 3 is 2.80 bits per heavy atom. The van der Waals surface area contributed by atoms with Crippen molar-refractivity contribution in [3.63, 3.8) is 0 Å². The molecule has 0 amide bonds. The van der Waals surface area contributed by atoms with Gasteiger partial charge in [0.25, 0.3) is 10.2 Å². The van der Waals surface area contributed by atoms with E-state index in [1.165, 1.54) is 4.31 Å². The minimum absolute atomic E-state index is 0.482. The molecule has 0 fully saturated rings. The van der Waals surface area contributed by atoms with E-state index < -0.39 is 22.4 Å². The zero-order valence-electron chi connectivity index (χ0n) is 11.9. The third-order valence-electron chi connectivity index (χ3n) is 3.72. The zero-order valence-corrected chi connectivity index (χ0v) is 12.7. The van der Waals surface area contributed by atoms with E-state index in [2.05, 4.69) is 4.72 Å². The Labute approximate surface area is 120 Å². The quantitative estimate of drug-likeness (QED) is 0.829. The van der Waals surface area contributed by atoms with Gasteiger partial charge in [-0.3, -0.25) is 0 Å². The van der Waals surface area contributed by atoms with Crippen LogP contribution >= 0.6 is 0 Å². The normalized spacial score (nSPS) is 22.2. The van der Waals surface area contributed by atoms with E-state index in [0.29, 0.717) is 13.0 Å². The van der Waals surface area contributed by atoms with Gasteiger partial charge in [-0.1, -0.05) is 37.6 Å². The fraction of sp³-hybridized carbons (Fsp3) is 0.571. The van der Waals surface area contributed by atoms with Gasteiger partial charge < -0.3 is 5.11 Å². The number of fused-ring (bicyclic) bond motifs is 1. The molecule has 1 aliphatic carbocycles. The number of aliphatic hydroxyl groups excluding tert-OH is 1. The lowest BCUT2D eigenvalue weighted by atomic mass is 10.1. The summed E-state index contributed by atoms with van der Waals surface area (Å²) in [6, 6.07) is 6.99. The SMILES string of the molecule is CCCCN(C)S(=O)(=O)NC1c2ccccc2CC1O. The fourth-order valence-electron chi connectivity index (χ4n) is 2.47. The molecule has 0 spiro atoms. The van der Waals surface area contributed by atoms with Crippen LogP contribution in [0.15, 0.2) is 24.3 Å². The molecule has 2 N–H and O–H groups in total. The number of unbranched alkanes of at least 4 members (excludes halogenated alkanes) is 1. The largest absolute Gasteiger partial charge is 0.391 e. The highest BCUT2D eigenvalue weighted by atomic mass is 32.2. The van der Waals surface area contributed by atoms with Gasteiger partial charge in [-0.05, 0) is 17.5 Å². The third-order valence-corrected chi connectivity index (χ3v) is 5.27.